The molecule has 1 N–H and O–H groups in total. The van der Waals surface area contributed by atoms with E-state index in [9.17, 15) is 9.59 Å². The minimum absolute atomic E-state index is 0.279. The van der Waals surface area contributed by atoms with Crippen molar-refractivity contribution in [3.05, 3.63) is 45.5 Å². The van der Waals surface area contributed by atoms with Crippen LogP contribution in [-0.2, 0) is 28.9 Å². The molecule has 1 atom stereocenters. The molecule has 0 radical (unpaired) electrons. The molecule has 0 fully saturated rings. The van der Waals surface area contributed by atoms with Crippen molar-refractivity contribution in [3.63, 3.8) is 0 Å². The van der Waals surface area contributed by atoms with Gasteiger partial charge >= 0.3 is 5.97 Å². The monoisotopic (exact) mass is 347 g/mol. The minimum Gasteiger partial charge on any atom is -0.467 e. The van der Waals surface area contributed by atoms with E-state index in [1.807, 2.05) is 6.07 Å². The number of hydrogen-bond acceptors (Lipinski definition) is 5. The smallest absolute Gasteiger partial charge is 0.349 e. The number of amides is 1. The molecule has 1 aliphatic carbocycles. The molecular weight excluding hydrogens is 326 g/mol. The molecule has 2 aromatic rings. The predicted molar refractivity (Wildman–Crippen MR) is 91.0 cm³/mol. The Balaban J connectivity index is 1.54. The lowest BCUT2D eigenvalue weighted by atomic mass is 10.1. The summed E-state index contributed by atoms with van der Waals surface area (Å²) in [6.45, 7) is 1.86. The Morgan fingerprint density at radius 2 is 2.17 bits per heavy atom. The third kappa shape index (κ3) is 4.06. The van der Waals surface area contributed by atoms with Crippen LogP contribution in [0.2, 0.25) is 0 Å². The maximum absolute atomic E-state index is 12.3. The SMILES string of the molecule is C[C@@H](OC(=O)c1cc2c(s1)CCCCC2)C(=O)NCc1ccco1. The molecule has 3 rings (SSSR count). The molecule has 24 heavy (non-hydrogen) atoms. The molecule has 5 nitrogen and oxygen atoms in total. The Hall–Kier alpha value is -2.08. The van der Waals surface area contributed by atoms with Gasteiger partial charge in [0, 0.05) is 4.88 Å². The van der Waals surface area contributed by atoms with Crippen LogP contribution in [0.4, 0.5) is 0 Å². The van der Waals surface area contributed by atoms with Gasteiger partial charge in [0.25, 0.3) is 5.91 Å². The van der Waals surface area contributed by atoms with Gasteiger partial charge in [0.15, 0.2) is 6.10 Å². The molecule has 0 spiro atoms. The number of ether oxygens (including phenoxy) is 1. The van der Waals surface area contributed by atoms with E-state index in [-0.39, 0.29) is 12.5 Å². The van der Waals surface area contributed by atoms with Crippen molar-refractivity contribution in [1.82, 2.24) is 5.32 Å². The predicted octanol–water partition coefficient (Wildman–Crippen LogP) is 3.47. The van der Waals surface area contributed by atoms with E-state index in [4.69, 9.17) is 9.15 Å². The average molecular weight is 347 g/mol. The molecule has 0 saturated carbocycles. The zero-order valence-electron chi connectivity index (χ0n) is 13.7. The van der Waals surface area contributed by atoms with Crippen LogP contribution < -0.4 is 5.32 Å². The number of thiophene rings is 1. The zero-order valence-corrected chi connectivity index (χ0v) is 14.5. The standard InChI is InChI=1S/C18H21NO4S/c1-12(17(20)19-11-14-7-5-9-22-14)23-18(21)16-10-13-6-3-2-4-8-15(13)24-16/h5,7,9-10,12H,2-4,6,8,11H2,1H3,(H,19,20)/t12-/m1/s1. The maximum atomic E-state index is 12.3. The maximum Gasteiger partial charge on any atom is 0.349 e. The average Bonchev–Trinajstić information content (AvgIpc) is 3.18. The van der Waals surface area contributed by atoms with Crippen LogP contribution in [0.1, 0.15) is 52.1 Å². The fraction of sp³-hybridized carbons (Fsp3) is 0.444. The van der Waals surface area contributed by atoms with E-state index in [2.05, 4.69) is 5.32 Å². The summed E-state index contributed by atoms with van der Waals surface area (Å²) in [7, 11) is 0. The van der Waals surface area contributed by atoms with Gasteiger partial charge < -0.3 is 14.5 Å². The van der Waals surface area contributed by atoms with Gasteiger partial charge in [0.2, 0.25) is 0 Å². The highest BCUT2D eigenvalue weighted by atomic mass is 32.1. The number of nitrogens with one attached hydrogen (secondary N) is 1. The van der Waals surface area contributed by atoms with Crippen molar-refractivity contribution in [1.29, 1.82) is 0 Å². The lowest BCUT2D eigenvalue weighted by Crippen LogP contribution is -2.35. The first-order valence-corrected chi connectivity index (χ1v) is 9.08. The topological polar surface area (TPSA) is 68.5 Å². The molecule has 1 aliphatic rings. The van der Waals surface area contributed by atoms with Crippen LogP contribution in [-0.4, -0.2) is 18.0 Å². The molecule has 0 bridgehead atoms. The first-order chi connectivity index (χ1) is 11.6. The number of aryl methyl sites for hydroxylation is 2. The lowest BCUT2D eigenvalue weighted by molar-refractivity contribution is -0.129. The van der Waals surface area contributed by atoms with E-state index in [0.717, 1.165) is 12.8 Å². The van der Waals surface area contributed by atoms with Gasteiger partial charge in [0.1, 0.15) is 10.6 Å². The second-order valence-corrected chi connectivity index (χ2v) is 7.10. The number of hydrogen-bond donors (Lipinski definition) is 1. The van der Waals surface area contributed by atoms with E-state index >= 15 is 0 Å². The van der Waals surface area contributed by atoms with Crippen LogP contribution in [0, 0.1) is 0 Å². The first-order valence-electron chi connectivity index (χ1n) is 8.26. The molecule has 6 heteroatoms. The summed E-state index contributed by atoms with van der Waals surface area (Å²) >= 11 is 1.50. The number of fused-ring (bicyclic) bond motifs is 1. The third-order valence-electron chi connectivity index (χ3n) is 4.12. The normalized spacial score (nSPS) is 15.2. The number of rotatable bonds is 5. The van der Waals surface area contributed by atoms with Crippen molar-refractivity contribution in [2.75, 3.05) is 0 Å². The van der Waals surface area contributed by atoms with Crippen LogP contribution in [0.3, 0.4) is 0 Å². The van der Waals surface area contributed by atoms with Crippen molar-refractivity contribution in [3.8, 4) is 0 Å². The summed E-state index contributed by atoms with van der Waals surface area (Å²) in [6, 6.07) is 5.46. The van der Waals surface area contributed by atoms with E-state index in [1.54, 1.807) is 25.3 Å². The molecule has 2 aromatic heterocycles. The quantitative estimate of drug-likeness (QED) is 0.664. The number of carbonyl (C=O) groups is 2. The van der Waals surface area contributed by atoms with Gasteiger partial charge in [-0.2, -0.15) is 0 Å². The molecule has 0 aromatic carbocycles. The molecular formula is C18H21NO4S. The van der Waals surface area contributed by atoms with Crippen molar-refractivity contribution in [2.24, 2.45) is 0 Å². The summed E-state index contributed by atoms with van der Waals surface area (Å²) in [4.78, 5) is 26.2. The summed E-state index contributed by atoms with van der Waals surface area (Å²) < 4.78 is 10.5. The Labute approximate surface area is 145 Å². The van der Waals surface area contributed by atoms with E-state index < -0.39 is 12.1 Å². The Morgan fingerprint density at radius 1 is 1.33 bits per heavy atom. The van der Waals surface area contributed by atoms with Gasteiger partial charge in [-0.05, 0) is 56.4 Å². The second kappa shape index (κ2) is 7.66. The van der Waals surface area contributed by atoms with Crippen LogP contribution >= 0.6 is 11.3 Å². The van der Waals surface area contributed by atoms with Crippen molar-refractivity contribution in [2.45, 2.75) is 51.7 Å². The fourth-order valence-electron chi connectivity index (χ4n) is 2.77. The van der Waals surface area contributed by atoms with Crippen LogP contribution in [0.25, 0.3) is 0 Å². The highest BCUT2D eigenvalue weighted by molar-refractivity contribution is 7.14. The Morgan fingerprint density at radius 3 is 2.96 bits per heavy atom. The molecule has 0 aliphatic heterocycles. The molecule has 2 heterocycles. The van der Waals surface area contributed by atoms with Gasteiger partial charge in [-0.3, -0.25) is 4.79 Å². The zero-order chi connectivity index (χ0) is 16.9. The Bertz CT molecular complexity index is 681. The first kappa shape index (κ1) is 16.8. The van der Waals surface area contributed by atoms with Crippen molar-refractivity contribution >= 4 is 23.2 Å². The van der Waals surface area contributed by atoms with Gasteiger partial charge in [-0.1, -0.05) is 6.42 Å². The van der Waals surface area contributed by atoms with E-state index in [0.29, 0.717) is 10.6 Å². The summed E-state index contributed by atoms with van der Waals surface area (Å²) in [5.41, 5.74) is 1.26. The summed E-state index contributed by atoms with van der Waals surface area (Å²) in [6.07, 6.45) is 6.36. The summed E-state index contributed by atoms with van der Waals surface area (Å²) in [5.74, 6) is -0.101. The van der Waals surface area contributed by atoms with Crippen molar-refractivity contribution < 1.29 is 18.7 Å². The van der Waals surface area contributed by atoms with Gasteiger partial charge in [-0.15, -0.1) is 11.3 Å². The molecule has 0 unspecified atom stereocenters. The molecule has 0 saturated heterocycles. The van der Waals surface area contributed by atoms with Crippen LogP contribution in [0.15, 0.2) is 28.9 Å². The highest BCUT2D eigenvalue weighted by Gasteiger charge is 2.22. The summed E-state index contributed by atoms with van der Waals surface area (Å²) in [5, 5.41) is 2.69. The minimum atomic E-state index is -0.839. The fourth-order valence-corrected chi connectivity index (χ4v) is 3.91. The molecule has 1 amide bonds. The van der Waals surface area contributed by atoms with E-state index in [1.165, 1.54) is 41.0 Å². The third-order valence-corrected chi connectivity index (χ3v) is 5.33. The molecule has 128 valence electrons. The van der Waals surface area contributed by atoms with Crippen LogP contribution in [0.5, 0.6) is 0 Å². The number of furan rings is 1. The number of esters is 1. The largest absolute Gasteiger partial charge is 0.467 e. The van der Waals surface area contributed by atoms with Gasteiger partial charge in [-0.25, -0.2) is 4.79 Å². The van der Waals surface area contributed by atoms with Gasteiger partial charge in [0.05, 0.1) is 12.8 Å². The highest BCUT2D eigenvalue weighted by Crippen LogP contribution is 2.29. The second-order valence-electron chi connectivity index (χ2n) is 5.96. The Kier molecular flexibility index (Phi) is 5.35. The number of carbonyl (C=O) groups excluding carboxylic acids is 2. The lowest BCUT2D eigenvalue weighted by Gasteiger charge is -2.12.